The molecule has 120 valence electrons. The third-order valence-corrected chi connectivity index (χ3v) is 5.65. The maximum Gasteiger partial charge on any atom is 0.234 e. The number of aromatic nitrogens is 2. The van der Waals surface area contributed by atoms with Crippen molar-refractivity contribution in [2.75, 3.05) is 11.1 Å². The lowest BCUT2D eigenvalue weighted by Gasteiger charge is -2.24. The Labute approximate surface area is 134 Å². The molecule has 0 saturated heterocycles. The number of carbonyl (C=O) groups excluding carboxylic acids is 1. The highest BCUT2D eigenvalue weighted by atomic mass is 32.2. The third-order valence-electron chi connectivity index (χ3n) is 3.84. The predicted octanol–water partition coefficient (Wildman–Crippen LogP) is 1.99. The van der Waals surface area contributed by atoms with Crippen molar-refractivity contribution < 1.29 is 13.2 Å². The number of hydrogen-bond donors (Lipinski definition) is 1. The number of aryl methyl sites for hydroxylation is 2. The zero-order valence-electron chi connectivity index (χ0n) is 12.9. The van der Waals surface area contributed by atoms with Gasteiger partial charge in [-0.3, -0.25) is 10.1 Å². The summed E-state index contributed by atoms with van der Waals surface area (Å²) in [5.74, 6) is -0.578. The molecule has 0 spiro atoms. The van der Waals surface area contributed by atoms with E-state index in [1.54, 1.807) is 24.3 Å². The van der Waals surface area contributed by atoms with Gasteiger partial charge in [0.15, 0.2) is 9.84 Å². The molecule has 1 aliphatic heterocycles. The summed E-state index contributed by atoms with van der Waals surface area (Å²) >= 11 is 0. The molecule has 1 unspecified atom stereocenters. The van der Waals surface area contributed by atoms with E-state index >= 15 is 0 Å². The Hall–Kier alpha value is -2.28. The Balaban J connectivity index is 1.91. The maximum atomic E-state index is 12.6. The molecule has 7 heteroatoms. The van der Waals surface area contributed by atoms with Crippen LogP contribution in [-0.2, 0) is 14.6 Å². The van der Waals surface area contributed by atoms with Crippen LogP contribution < -0.4 is 5.32 Å². The number of carbonyl (C=O) groups is 1. The number of anilines is 1. The zero-order valence-corrected chi connectivity index (χ0v) is 13.7. The summed E-state index contributed by atoms with van der Waals surface area (Å²) in [5, 5.41) is 2.71. The number of rotatable bonds is 2. The van der Waals surface area contributed by atoms with Gasteiger partial charge in [-0.1, -0.05) is 18.2 Å². The molecular formula is C16H17N3O3S. The molecule has 0 radical (unpaired) electrons. The molecule has 1 aromatic heterocycles. The lowest BCUT2D eigenvalue weighted by molar-refractivity contribution is -0.117. The summed E-state index contributed by atoms with van der Waals surface area (Å²) in [4.78, 5) is 21.2. The van der Waals surface area contributed by atoms with Gasteiger partial charge in [-0.05, 0) is 38.0 Å². The second-order valence-corrected chi connectivity index (χ2v) is 7.74. The topological polar surface area (TPSA) is 89.0 Å². The minimum Gasteiger partial charge on any atom is -0.294 e. The standard InChI is InChI=1S/C16H17N3O3S/c1-10-9-11(2)18-16(17-10)19-15(20)13-7-8-23(21,22)14-6-4-3-5-12(13)14/h3-6,9,13H,7-8H2,1-2H3,(H,17,18,19,20). The summed E-state index contributed by atoms with van der Waals surface area (Å²) in [6.45, 7) is 3.65. The van der Waals surface area contributed by atoms with E-state index in [4.69, 9.17) is 0 Å². The molecular weight excluding hydrogens is 314 g/mol. The van der Waals surface area contributed by atoms with Crippen molar-refractivity contribution in [1.82, 2.24) is 9.97 Å². The zero-order chi connectivity index (χ0) is 16.6. The van der Waals surface area contributed by atoms with E-state index in [0.29, 0.717) is 5.56 Å². The maximum absolute atomic E-state index is 12.6. The fourth-order valence-corrected chi connectivity index (χ4v) is 4.46. The fraction of sp³-hybridized carbons (Fsp3) is 0.312. The molecule has 1 aliphatic rings. The van der Waals surface area contributed by atoms with Crippen molar-refractivity contribution >= 4 is 21.7 Å². The minimum absolute atomic E-state index is 0.0319. The highest BCUT2D eigenvalue weighted by Crippen LogP contribution is 2.34. The van der Waals surface area contributed by atoms with Gasteiger partial charge < -0.3 is 0 Å². The van der Waals surface area contributed by atoms with Gasteiger partial charge in [0, 0.05) is 11.4 Å². The van der Waals surface area contributed by atoms with Gasteiger partial charge in [-0.2, -0.15) is 0 Å². The first kappa shape index (κ1) is 15.6. The monoisotopic (exact) mass is 331 g/mol. The number of sulfone groups is 1. The average Bonchev–Trinajstić information content (AvgIpc) is 2.46. The summed E-state index contributed by atoms with van der Waals surface area (Å²) < 4.78 is 24.3. The molecule has 23 heavy (non-hydrogen) atoms. The molecule has 0 aliphatic carbocycles. The van der Waals surface area contributed by atoms with Gasteiger partial charge in [0.05, 0.1) is 16.6 Å². The summed E-state index contributed by atoms with van der Waals surface area (Å²) in [6.07, 6.45) is 0.260. The predicted molar refractivity (Wildman–Crippen MR) is 86.0 cm³/mol. The number of amides is 1. The third kappa shape index (κ3) is 3.10. The molecule has 0 bridgehead atoms. The number of benzene rings is 1. The molecule has 3 rings (SSSR count). The second kappa shape index (κ2) is 5.73. The lowest BCUT2D eigenvalue weighted by Crippen LogP contribution is -2.29. The van der Waals surface area contributed by atoms with Crippen LogP contribution in [0.15, 0.2) is 35.2 Å². The summed E-state index contributed by atoms with van der Waals surface area (Å²) in [6, 6.07) is 8.48. The summed E-state index contributed by atoms with van der Waals surface area (Å²) in [7, 11) is -3.31. The lowest BCUT2D eigenvalue weighted by atomic mass is 9.95. The largest absolute Gasteiger partial charge is 0.294 e. The van der Waals surface area contributed by atoms with Crippen molar-refractivity contribution in [3.05, 3.63) is 47.3 Å². The number of nitrogens with zero attached hydrogens (tertiary/aromatic N) is 2. The van der Waals surface area contributed by atoms with E-state index in [1.165, 1.54) is 0 Å². The molecule has 2 aromatic rings. The SMILES string of the molecule is Cc1cc(C)nc(NC(=O)C2CCS(=O)(=O)c3ccccc32)n1. The highest BCUT2D eigenvalue weighted by Gasteiger charge is 2.34. The van der Waals surface area contributed by atoms with Gasteiger partial charge >= 0.3 is 0 Å². The fourth-order valence-electron chi connectivity index (χ4n) is 2.84. The first-order chi connectivity index (χ1) is 10.9. The van der Waals surface area contributed by atoms with E-state index in [9.17, 15) is 13.2 Å². The van der Waals surface area contributed by atoms with Gasteiger partial charge in [-0.15, -0.1) is 0 Å². The second-order valence-electron chi connectivity index (χ2n) is 5.66. The minimum atomic E-state index is -3.31. The van der Waals surface area contributed by atoms with Crippen LogP contribution in [0.2, 0.25) is 0 Å². The van der Waals surface area contributed by atoms with Crippen LogP contribution in [0.25, 0.3) is 0 Å². The van der Waals surface area contributed by atoms with E-state index in [1.807, 2.05) is 19.9 Å². The average molecular weight is 331 g/mol. The highest BCUT2D eigenvalue weighted by molar-refractivity contribution is 7.91. The van der Waals surface area contributed by atoms with Crippen LogP contribution in [0, 0.1) is 13.8 Å². The van der Waals surface area contributed by atoms with Crippen molar-refractivity contribution in [3.8, 4) is 0 Å². The number of fused-ring (bicyclic) bond motifs is 1. The molecule has 2 heterocycles. The van der Waals surface area contributed by atoms with Crippen LogP contribution in [-0.4, -0.2) is 30.0 Å². The Morgan fingerprint density at radius 3 is 2.52 bits per heavy atom. The molecule has 0 fully saturated rings. The van der Waals surface area contributed by atoms with E-state index in [0.717, 1.165) is 11.4 Å². The smallest absolute Gasteiger partial charge is 0.234 e. The Morgan fingerprint density at radius 2 is 1.83 bits per heavy atom. The van der Waals surface area contributed by atoms with Crippen LogP contribution in [0.4, 0.5) is 5.95 Å². The molecule has 0 saturated carbocycles. The van der Waals surface area contributed by atoms with Crippen molar-refractivity contribution in [1.29, 1.82) is 0 Å². The van der Waals surface area contributed by atoms with E-state index < -0.39 is 15.8 Å². The first-order valence-corrected chi connectivity index (χ1v) is 8.97. The van der Waals surface area contributed by atoms with E-state index in [2.05, 4.69) is 15.3 Å². The van der Waals surface area contributed by atoms with Crippen LogP contribution in [0.3, 0.4) is 0 Å². The van der Waals surface area contributed by atoms with Crippen molar-refractivity contribution in [2.24, 2.45) is 0 Å². The first-order valence-electron chi connectivity index (χ1n) is 7.31. The molecule has 1 amide bonds. The molecule has 1 atom stereocenters. The normalized spacial score (nSPS) is 19.0. The van der Waals surface area contributed by atoms with Crippen LogP contribution >= 0.6 is 0 Å². The Kier molecular flexibility index (Phi) is 3.89. The molecule has 1 aromatic carbocycles. The quantitative estimate of drug-likeness (QED) is 0.909. The Morgan fingerprint density at radius 1 is 1.17 bits per heavy atom. The number of nitrogens with one attached hydrogen (secondary N) is 1. The van der Waals surface area contributed by atoms with E-state index in [-0.39, 0.29) is 28.9 Å². The van der Waals surface area contributed by atoms with Gasteiger partial charge in [0.2, 0.25) is 11.9 Å². The van der Waals surface area contributed by atoms with Crippen molar-refractivity contribution in [2.45, 2.75) is 31.1 Å². The summed E-state index contributed by atoms with van der Waals surface area (Å²) in [5.41, 5.74) is 2.07. The molecule has 6 nitrogen and oxygen atoms in total. The van der Waals surface area contributed by atoms with Gasteiger partial charge in [0.1, 0.15) is 0 Å². The molecule has 1 N–H and O–H groups in total. The Bertz CT molecular complexity index is 858. The number of hydrogen-bond acceptors (Lipinski definition) is 5. The van der Waals surface area contributed by atoms with Crippen LogP contribution in [0.1, 0.15) is 29.3 Å². The van der Waals surface area contributed by atoms with Crippen molar-refractivity contribution in [3.63, 3.8) is 0 Å². The van der Waals surface area contributed by atoms with Crippen LogP contribution in [0.5, 0.6) is 0 Å². The van der Waals surface area contributed by atoms with Gasteiger partial charge in [0.25, 0.3) is 0 Å². The van der Waals surface area contributed by atoms with Gasteiger partial charge in [-0.25, -0.2) is 18.4 Å².